The molecule has 6 heteroatoms. The van der Waals surface area contributed by atoms with Crippen LogP contribution < -0.4 is 10.6 Å². The molecule has 4 saturated carbocycles. The second-order valence-electron chi connectivity index (χ2n) is 10.4. The van der Waals surface area contributed by atoms with E-state index in [1.54, 1.807) is 6.33 Å². The first-order valence-corrected chi connectivity index (χ1v) is 10.8. The summed E-state index contributed by atoms with van der Waals surface area (Å²) < 4.78 is 2.08. The number of hydrogen-bond donors (Lipinski definition) is 2. The molecule has 2 N–H and O–H groups in total. The maximum Gasteiger partial charge on any atom is 0.245 e. The number of amides is 1. The number of aromatic nitrogens is 3. The van der Waals surface area contributed by atoms with Crippen LogP contribution in [0.15, 0.2) is 36.9 Å². The summed E-state index contributed by atoms with van der Waals surface area (Å²) in [6.07, 6.45) is 10.3. The minimum atomic E-state index is -0.682. The van der Waals surface area contributed by atoms with E-state index in [0.717, 1.165) is 37.8 Å². The summed E-state index contributed by atoms with van der Waals surface area (Å²) in [5, 5.41) is 11.5. The Kier molecular flexibility index (Phi) is 4.06. The van der Waals surface area contributed by atoms with E-state index >= 15 is 0 Å². The molecule has 0 aliphatic heterocycles. The summed E-state index contributed by atoms with van der Waals surface area (Å²) in [7, 11) is 0. The predicted molar refractivity (Wildman–Crippen MR) is 112 cm³/mol. The average molecular weight is 394 g/mol. The normalized spacial score (nSPS) is 32.9. The summed E-state index contributed by atoms with van der Waals surface area (Å²) in [5.74, 6) is 1.40. The molecular formula is C23H31N5O. The van der Waals surface area contributed by atoms with Crippen LogP contribution in [0.2, 0.25) is 0 Å². The number of rotatable bonds is 5. The van der Waals surface area contributed by atoms with E-state index in [9.17, 15) is 4.79 Å². The topological polar surface area (TPSA) is 71.8 Å². The maximum atomic E-state index is 13.4. The van der Waals surface area contributed by atoms with Gasteiger partial charge in [-0.15, -0.1) is 0 Å². The molecule has 4 aliphatic carbocycles. The summed E-state index contributed by atoms with van der Waals surface area (Å²) in [5.41, 5.74) is 1.39. The Morgan fingerprint density at radius 1 is 1.14 bits per heavy atom. The molecule has 1 aromatic heterocycles. The van der Waals surface area contributed by atoms with E-state index in [-0.39, 0.29) is 17.0 Å². The van der Waals surface area contributed by atoms with Crippen molar-refractivity contribution < 1.29 is 4.79 Å². The van der Waals surface area contributed by atoms with Gasteiger partial charge in [0, 0.05) is 11.2 Å². The maximum absolute atomic E-state index is 13.4. The summed E-state index contributed by atoms with van der Waals surface area (Å²) in [6.45, 7) is 6.01. The molecule has 29 heavy (non-hydrogen) atoms. The largest absolute Gasteiger partial charge is 0.372 e. The van der Waals surface area contributed by atoms with E-state index in [1.807, 2.05) is 32.3 Å². The fourth-order valence-electron chi connectivity index (χ4n) is 6.53. The van der Waals surface area contributed by atoms with E-state index in [0.29, 0.717) is 11.8 Å². The third kappa shape index (κ3) is 3.22. The van der Waals surface area contributed by atoms with Crippen molar-refractivity contribution in [2.45, 2.75) is 75.9 Å². The molecule has 0 radical (unpaired) electrons. The number of nitrogens with zero attached hydrogens (tertiary/aromatic N) is 3. The summed E-state index contributed by atoms with van der Waals surface area (Å²) in [4.78, 5) is 17.6. The van der Waals surface area contributed by atoms with Crippen molar-refractivity contribution >= 4 is 11.6 Å². The number of anilines is 1. The van der Waals surface area contributed by atoms with Crippen molar-refractivity contribution in [3.63, 3.8) is 0 Å². The molecule has 1 heterocycles. The fourth-order valence-corrected chi connectivity index (χ4v) is 6.53. The van der Waals surface area contributed by atoms with E-state index in [1.165, 1.54) is 12.0 Å². The standard InChI is InChI=1S/C23H31N5O/c1-16-4-6-19(7-5-16)26-21(2,3)20(29)27-22-9-17-8-18(10-22)12-23(11-17,13-22)28-15-24-14-25-28/h4-7,14-15,17-18,26H,8-13H2,1-3H3,(H,27,29). The second kappa shape index (κ2) is 6.31. The number of nitrogens with one attached hydrogen (secondary N) is 2. The van der Waals surface area contributed by atoms with Gasteiger partial charge in [-0.2, -0.15) is 5.10 Å². The van der Waals surface area contributed by atoms with Crippen molar-refractivity contribution in [2.24, 2.45) is 11.8 Å². The monoisotopic (exact) mass is 393 g/mol. The van der Waals surface area contributed by atoms with Crippen LogP contribution in [-0.4, -0.2) is 31.7 Å². The van der Waals surface area contributed by atoms with Gasteiger partial charge in [-0.1, -0.05) is 17.7 Å². The van der Waals surface area contributed by atoms with Gasteiger partial charge in [0.25, 0.3) is 0 Å². The number of carbonyl (C=O) groups excluding carboxylic acids is 1. The fraction of sp³-hybridized carbons (Fsp3) is 0.609. The Labute approximate surface area is 172 Å². The molecule has 154 valence electrons. The Hall–Kier alpha value is -2.37. The van der Waals surface area contributed by atoms with E-state index < -0.39 is 5.54 Å². The second-order valence-corrected chi connectivity index (χ2v) is 10.4. The van der Waals surface area contributed by atoms with E-state index in [4.69, 9.17) is 0 Å². The Balaban J connectivity index is 1.36. The van der Waals surface area contributed by atoms with Crippen molar-refractivity contribution in [2.75, 3.05) is 5.32 Å². The third-order valence-electron chi connectivity index (χ3n) is 7.39. The van der Waals surface area contributed by atoms with Gasteiger partial charge >= 0.3 is 0 Å². The molecule has 6 nitrogen and oxygen atoms in total. The highest BCUT2D eigenvalue weighted by molar-refractivity contribution is 5.89. The molecule has 2 atom stereocenters. The van der Waals surface area contributed by atoms with Crippen molar-refractivity contribution in [1.82, 2.24) is 20.1 Å². The van der Waals surface area contributed by atoms with Crippen molar-refractivity contribution in [3.05, 3.63) is 42.5 Å². The van der Waals surface area contributed by atoms with Gasteiger partial charge in [0.1, 0.15) is 18.2 Å². The summed E-state index contributed by atoms with van der Waals surface area (Å²) >= 11 is 0. The smallest absolute Gasteiger partial charge is 0.245 e. The van der Waals surface area contributed by atoms with Crippen LogP contribution in [-0.2, 0) is 10.3 Å². The van der Waals surface area contributed by atoms with Gasteiger partial charge in [-0.05, 0) is 83.3 Å². The molecular weight excluding hydrogens is 362 g/mol. The first kappa shape index (κ1) is 18.6. The first-order chi connectivity index (χ1) is 13.8. The zero-order valence-corrected chi connectivity index (χ0v) is 17.6. The summed E-state index contributed by atoms with van der Waals surface area (Å²) in [6, 6.07) is 8.21. The van der Waals surface area contributed by atoms with E-state index in [2.05, 4.69) is 44.5 Å². The molecule has 6 rings (SSSR count). The van der Waals surface area contributed by atoms with Crippen molar-refractivity contribution in [3.8, 4) is 0 Å². The van der Waals surface area contributed by atoms with Crippen LogP contribution in [0.1, 0.15) is 57.9 Å². The molecule has 2 aromatic rings. The lowest BCUT2D eigenvalue weighted by Crippen LogP contribution is -2.68. The molecule has 2 unspecified atom stereocenters. The Morgan fingerprint density at radius 2 is 1.83 bits per heavy atom. The van der Waals surface area contributed by atoms with Crippen LogP contribution in [0.5, 0.6) is 0 Å². The van der Waals surface area contributed by atoms with Gasteiger partial charge < -0.3 is 10.6 Å². The molecule has 1 aromatic carbocycles. The van der Waals surface area contributed by atoms with Crippen LogP contribution in [0, 0.1) is 18.8 Å². The average Bonchev–Trinajstić information content (AvgIpc) is 3.17. The lowest BCUT2D eigenvalue weighted by atomic mass is 9.50. The quantitative estimate of drug-likeness (QED) is 0.813. The zero-order chi connectivity index (χ0) is 20.3. The van der Waals surface area contributed by atoms with Crippen LogP contribution in [0.3, 0.4) is 0 Å². The molecule has 1 amide bonds. The van der Waals surface area contributed by atoms with Crippen LogP contribution in [0.25, 0.3) is 0 Å². The van der Waals surface area contributed by atoms with Crippen molar-refractivity contribution in [1.29, 1.82) is 0 Å². The van der Waals surface area contributed by atoms with Gasteiger partial charge in [-0.25, -0.2) is 9.67 Å². The predicted octanol–water partition coefficient (Wildman–Crippen LogP) is 3.64. The third-order valence-corrected chi connectivity index (χ3v) is 7.39. The van der Waals surface area contributed by atoms with Crippen LogP contribution >= 0.6 is 0 Å². The molecule has 4 aliphatic rings. The molecule has 0 saturated heterocycles. The zero-order valence-electron chi connectivity index (χ0n) is 17.6. The first-order valence-electron chi connectivity index (χ1n) is 10.8. The number of aryl methyl sites for hydroxylation is 1. The highest BCUT2D eigenvalue weighted by atomic mass is 16.2. The minimum absolute atomic E-state index is 0.0163. The SMILES string of the molecule is Cc1ccc(NC(C)(C)C(=O)NC23CC4CC(C2)CC(n2cncn2)(C4)C3)cc1. The molecule has 0 spiro atoms. The lowest BCUT2D eigenvalue weighted by molar-refractivity contribution is -0.134. The molecule has 4 fully saturated rings. The van der Waals surface area contributed by atoms with Gasteiger partial charge in [0.2, 0.25) is 5.91 Å². The van der Waals surface area contributed by atoms with Crippen LogP contribution in [0.4, 0.5) is 5.69 Å². The Morgan fingerprint density at radius 3 is 2.45 bits per heavy atom. The number of carbonyl (C=O) groups is 1. The lowest BCUT2D eigenvalue weighted by Gasteiger charge is -2.62. The Bertz CT molecular complexity index is 888. The highest BCUT2D eigenvalue weighted by Gasteiger charge is 2.59. The van der Waals surface area contributed by atoms with Gasteiger partial charge in [0.05, 0.1) is 5.54 Å². The number of benzene rings is 1. The van der Waals surface area contributed by atoms with Gasteiger partial charge in [0.15, 0.2) is 0 Å². The van der Waals surface area contributed by atoms with Gasteiger partial charge in [-0.3, -0.25) is 4.79 Å². The molecule has 4 bridgehead atoms. The minimum Gasteiger partial charge on any atom is -0.372 e. The highest BCUT2D eigenvalue weighted by Crippen LogP contribution is 2.60. The number of hydrogen-bond acceptors (Lipinski definition) is 4.